The Bertz CT molecular complexity index is 1420. The van der Waals surface area contributed by atoms with E-state index >= 15 is 0 Å². The van der Waals surface area contributed by atoms with E-state index in [1.165, 1.54) is 6.92 Å². The van der Waals surface area contributed by atoms with Crippen molar-refractivity contribution in [1.82, 2.24) is 4.98 Å². The first-order valence-electron chi connectivity index (χ1n) is 17.5. The summed E-state index contributed by atoms with van der Waals surface area (Å²) in [5.41, 5.74) is 38.8. The molecule has 20 heteroatoms. The number of aromatic amines is 1. The van der Waals surface area contributed by atoms with Crippen LogP contribution in [-0.2, 0) is 39.9 Å². The van der Waals surface area contributed by atoms with Crippen molar-refractivity contribution in [3.63, 3.8) is 0 Å². The number of aromatic nitrogens is 1. The lowest BCUT2D eigenvalue weighted by molar-refractivity contribution is -0.162. The van der Waals surface area contributed by atoms with Crippen molar-refractivity contribution < 1.29 is 59.0 Å². The maximum atomic E-state index is 11.5. The van der Waals surface area contributed by atoms with Crippen molar-refractivity contribution in [2.45, 2.75) is 109 Å². The summed E-state index contributed by atoms with van der Waals surface area (Å²) in [5.74, 6) is -4.82. The van der Waals surface area contributed by atoms with Crippen LogP contribution in [-0.4, -0.2) is 116 Å². The van der Waals surface area contributed by atoms with Gasteiger partial charge in [-0.05, 0) is 62.6 Å². The number of nitrogens with one attached hydrogen (secondary N) is 1. The highest BCUT2D eigenvalue weighted by molar-refractivity contribution is 5.90. The zero-order valence-electron chi connectivity index (χ0n) is 32.3. The summed E-state index contributed by atoms with van der Waals surface area (Å²) in [7, 11) is 0. The molecule has 316 valence electrons. The molecular formula is C35H64N8O12. The molecule has 55 heavy (non-hydrogen) atoms. The number of carbonyl (C=O) groups excluding carboxylic acids is 2. The second kappa shape index (κ2) is 30.7. The highest BCUT2D eigenvalue weighted by Gasteiger charge is 2.23. The van der Waals surface area contributed by atoms with E-state index < -0.39 is 78.7 Å². The number of carboxylic acids is 4. The fourth-order valence-corrected chi connectivity index (χ4v) is 3.79. The molecule has 0 spiro atoms. The van der Waals surface area contributed by atoms with Crippen molar-refractivity contribution in [3.8, 4) is 0 Å². The van der Waals surface area contributed by atoms with Crippen LogP contribution in [0.3, 0.4) is 0 Å². The molecule has 0 radical (unpaired) electrons. The van der Waals surface area contributed by atoms with Crippen LogP contribution in [0.25, 0.3) is 10.9 Å². The first-order chi connectivity index (χ1) is 25.4. The van der Waals surface area contributed by atoms with Crippen LogP contribution in [0.4, 0.5) is 0 Å². The van der Waals surface area contributed by atoms with Gasteiger partial charge >= 0.3 is 35.8 Å². The van der Waals surface area contributed by atoms with Crippen molar-refractivity contribution in [1.29, 1.82) is 0 Å². The van der Waals surface area contributed by atoms with Crippen LogP contribution >= 0.6 is 0 Å². The molecule has 2 aromatic rings. The molecule has 0 bridgehead atoms. The Kier molecular flexibility index (Phi) is 30.6. The van der Waals surface area contributed by atoms with Gasteiger partial charge in [-0.15, -0.1) is 0 Å². The van der Waals surface area contributed by atoms with Gasteiger partial charge in [0.15, 0.2) is 0 Å². The molecule has 1 aromatic heterocycles. The van der Waals surface area contributed by atoms with E-state index in [1.54, 1.807) is 0 Å². The van der Waals surface area contributed by atoms with Gasteiger partial charge in [-0.25, -0.2) is 9.59 Å². The molecule has 0 aliphatic heterocycles. The summed E-state index contributed by atoms with van der Waals surface area (Å²) in [4.78, 5) is 66.0. The number of carbonyl (C=O) groups is 6. The summed E-state index contributed by atoms with van der Waals surface area (Å²) in [6, 6.07) is 2.81. The number of fused-ring (bicyclic) bond motifs is 1. The molecule has 0 amide bonds. The van der Waals surface area contributed by atoms with Crippen molar-refractivity contribution in [2.24, 2.45) is 52.0 Å². The highest BCUT2D eigenvalue weighted by atomic mass is 16.6. The predicted molar refractivity (Wildman–Crippen MR) is 206 cm³/mol. The van der Waals surface area contributed by atoms with E-state index in [1.807, 2.05) is 58.2 Å². The lowest BCUT2D eigenvalue weighted by Gasteiger charge is -2.14. The number of aliphatic hydroxyl groups excluding tert-OH is 1. The number of hydrogen-bond acceptors (Lipinski definition) is 15. The van der Waals surface area contributed by atoms with Crippen molar-refractivity contribution in [3.05, 3.63) is 36.0 Å². The average molecular weight is 789 g/mol. The lowest BCUT2D eigenvalue weighted by Crippen LogP contribution is -2.40. The monoisotopic (exact) mass is 788 g/mol. The molecule has 1 aromatic carbocycles. The van der Waals surface area contributed by atoms with E-state index in [0.717, 1.165) is 29.3 Å². The topological polar surface area (TPSA) is 411 Å². The molecule has 0 unspecified atom stereocenters. The fraction of sp³-hybridized carbons (Fsp3) is 0.600. The zero-order chi connectivity index (χ0) is 43.4. The first kappa shape index (κ1) is 54.8. The Morgan fingerprint density at radius 2 is 1.11 bits per heavy atom. The largest absolute Gasteiger partial charge is 0.480 e. The molecule has 20 N–H and O–H groups in total. The number of benzene rings is 1. The molecule has 0 saturated heterocycles. The molecule has 1 heterocycles. The number of esters is 2. The van der Waals surface area contributed by atoms with Crippen LogP contribution in [0.5, 0.6) is 0 Å². The van der Waals surface area contributed by atoms with E-state index in [-0.39, 0.29) is 5.92 Å². The third-order valence-electron chi connectivity index (χ3n) is 6.88. The Balaban J connectivity index is -0.000000655. The Morgan fingerprint density at radius 3 is 1.49 bits per heavy atom. The van der Waals surface area contributed by atoms with E-state index in [9.17, 15) is 28.8 Å². The van der Waals surface area contributed by atoms with Crippen LogP contribution < -0.4 is 40.1 Å². The molecule has 6 atom stereocenters. The van der Waals surface area contributed by atoms with Gasteiger partial charge in [-0.3, -0.25) is 19.2 Å². The van der Waals surface area contributed by atoms with E-state index in [4.69, 9.17) is 65.7 Å². The number of unbranched alkanes of at least 4 members (excludes halogenated alkanes) is 1. The van der Waals surface area contributed by atoms with Gasteiger partial charge in [-0.1, -0.05) is 52.3 Å². The van der Waals surface area contributed by atoms with Gasteiger partial charge in [0.1, 0.15) is 36.3 Å². The molecule has 0 fully saturated rings. The lowest BCUT2D eigenvalue weighted by atomic mass is 10.0. The van der Waals surface area contributed by atoms with Gasteiger partial charge < -0.3 is 75.4 Å². The number of H-pyrrole nitrogens is 1. The van der Waals surface area contributed by atoms with E-state index in [2.05, 4.69) is 9.72 Å². The number of para-hydroxylation sites is 1. The minimum atomic E-state index is -1.18. The van der Waals surface area contributed by atoms with Crippen LogP contribution in [0.1, 0.15) is 72.3 Å². The number of carboxylic acid groups (broad SMARTS) is 4. The van der Waals surface area contributed by atoms with Crippen LogP contribution in [0.15, 0.2) is 30.5 Å². The number of nitrogens with two attached hydrogens (primary N) is 7. The maximum Gasteiger partial charge on any atom is 0.330 e. The Labute approximate surface area is 321 Å². The number of aliphatic hydroxyl groups is 1. The third kappa shape index (κ3) is 28.6. The standard InChI is InChI=1S/C12H25N3O3.C11H12N2O2.C6H13NO2.C3H7NO3.C3H7NO2/c1-8(2)7-10(15)12(17)18-11(16)9(14)5-3-4-6-13;12-9(11(14)15)5-7-6-13-10-4-2-1-3-8(7)10;1-4(2)3-5(7)6(8)9;4-2(1-5)3(6)7;1-2(4)3(5)6/h8-10H,3-7,13-15H2,1-2H3;1-4,6,9,13H,5,12H2,(H,14,15);4-5H,3,7H2,1-2H3,(H,8,9);2,5H,1,4H2,(H,6,7);2H,4H2,1H3,(H,5,6)/t9-,10+;9-;5-;2*2-/m01010/s1. The van der Waals surface area contributed by atoms with Gasteiger partial charge in [-0.2, -0.15) is 0 Å². The smallest absolute Gasteiger partial charge is 0.330 e. The van der Waals surface area contributed by atoms with Gasteiger partial charge in [0.05, 0.1) is 6.61 Å². The molecule has 0 aliphatic carbocycles. The fourth-order valence-electron chi connectivity index (χ4n) is 3.79. The average Bonchev–Trinajstić information content (AvgIpc) is 3.50. The third-order valence-corrected chi connectivity index (χ3v) is 6.88. The predicted octanol–water partition coefficient (Wildman–Crippen LogP) is -0.739. The first-order valence-corrected chi connectivity index (χ1v) is 17.5. The van der Waals surface area contributed by atoms with Crippen molar-refractivity contribution in [2.75, 3.05) is 13.2 Å². The summed E-state index contributed by atoms with van der Waals surface area (Å²) < 4.78 is 4.65. The quantitative estimate of drug-likeness (QED) is 0.0533. The van der Waals surface area contributed by atoms with Gasteiger partial charge in [0, 0.05) is 23.5 Å². The molecule has 0 saturated carbocycles. The summed E-state index contributed by atoms with van der Waals surface area (Å²) in [6.45, 7) is 9.24. The minimum absolute atomic E-state index is 0.265. The molecule has 0 aliphatic rings. The number of ether oxygens (including phenoxy) is 1. The van der Waals surface area contributed by atoms with Gasteiger partial charge in [0.25, 0.3) is 0 Å². The molecular weight excluding hydrogens is 724 g/mol. The van der Waals surface area contributed by atoms with Crippen LogP contribution in [0.2, 0.25) is 0 Å². The maximum absolute atomic E-state index is 11.5. The van der Waals surface area contributed by atoms with E-state index in [0.29, 0.717) is 38.1 Å². The number of aliphatic carboxylic acids is 4. The second-order valence-corrected chi connectivity index (χ2v) is 13.2. The zero-order valence-corrected chi connectivity index (χ0v) is 32.3. The number of hydrogen-bond donors (Lipinski definition) is 13. The minimum Gasteiger partial charge on any atom is -0.480 e. The molecule has 2 rings (SSSR count). The summed E-state index contributed by atoms with van der Waals surface area (Å²) >= 11 is 0. The Morgan fingerprint density at radius 1 is 0.655 bits per heavy atom. The van der Waals surface area contributed by atoms with Crippen LogP contribution in [0, 0.1) is 11.8 Å². The molecule has 20 nitrogen and oxygen atoms in total. The normalized spacial score (nSPS) is 13.7. The Hall–Kier alpha value is -4.54. The number of rotatable bonds is 17. The van der Waals surface area contributed by atoms with Gasteiger partial charge in [0.2, 0.25) is 0 Å². The summed E-state index contributed by atoms with van der Waals surface area (Å²) in [5, 5.41) is 41.8. The highest BCUT2D eigenvalue weighted by Crippen LogP contribution is 2.18. The summed E-state index contributed by atoms with van der Waals surface area (Å²) in [6.07, 6.45) is 5.18. The second-order valence-electron chi connectivity index (χ2n) is 13.2. The van der Waals surface area contributed by atoms with Crippen molar-refractivity contribution >= 4 is 46.7 Å². The SMILES string of the molecule is CC(C)C[C@@H](N)C(=O)OC(=O)[C@@H](N)CCCCN.CC(C)C[C@H](N)C(=O)O.C[C@H](N)C(=O)O.N[C@H](CO)C(=O)O.N[C@H](Cc1c[nH]c2ccccc12)C(=O)O.